The third-order valence-corrected chi connectivity index (χ3v) is 6.86. The highest BCUT2D eigenvalue weighted by molar-refractivity contribution is 8.14. The first kappa shape index (κ1) is 19.9. The fourth-order valence-corrected chi connectivity index (χ4v) is 5.49. The van der Waals surface area contributed by atoms with Crippen molar-refractivity contribution in [1.29, 1.82) is 0 Å². The maximum atomic E-state index is 13.0. The first-order chi connectivity index (χ1) is 14.1. The highest BCUT2D eigenvalue weighted by atomic mass is 32.2. The first-order valence-corrected chi connectivity index (χ1v) is 10.8. The molecule has 2 heterocycles. The summed E-state index contributed by atoms with van der Waals surface area (Å²) in [6.45, 7) is 1.98. The summed E-state index contributed by atoms with van der Waals surface area (Å²) in [5, 5.41) is 3.77. The Bertz CT molecular complexity index is 989. The van der Waals surface area contributed by atoms with Crippen molar-refractivity contribution >= 4 is 22.6 Å². The van der Waals surface area contributed by atoms with Crippen molar-refractivity contribution < 1.29 is 14.2 Å². The Hall–Kier alpha value is -2.35. The zero-order chi connectivity index (χ0) is 20.5. The molecule has 2 aliphatic rings. The van der Waals surface area contributed by atoms with E-state index in [1.54, 1.807) is 33.1 Å². The molecule has 1 aromatic carbocycles. The van der Waals surface area contributed by atoms with Crippen LogP contribution in [0.1, 0.15) is 61.4 Å². The van der Waals surface area contributed by atoms with E-state index in [0.717, 1.165) is 29.3 Å². The van der Waals surface area contributed by atoms with E-state index in [1.165, 1.54) is 19.3 Å². The second-order valence-corrected chi connectivity index (χ2v) is 8.69. The number of aliphatic imine (C=N–C) groups is 1. The quantitative estimate of drug-likeness (QED) is 0.770. The lowest BCUT2D eigenvalue weighted by molar-refractivity contribution is 0.322. The first-order valence-electron chi connectivity index (χ1n) is 9.94. The molecule has 1 aliphatic heterocycles. The van der Waals surface area contributed by atoms with E-state index in [1.807, 2.05) is 23.7 Å². The number of aromatic nitrogens is 2. The molecule has 0 amide bonds. The fourth-order valence-electron chi connectivity index (χ4n) is 4.36. The van der Waals surface area contributed by atoms with Crippen molar-refractivity contribution in [3.63, 3.8) is 0 Å². The number of benzene rings is 1. The Labute approximate surface area is 174 Å². The summed E-state index contributed by atoms with van der Waals surface area (Å²) in [5.41, 5.74) is 1.46. The van der Waals surface area contributed by atoms with Gasteiger partial charge in [-0.3, -0.25) is 14.6 Å². The van der Waals surface area contributed by atoms with E-state index < -0.39 is 0 Å². The van der Waals surface area contributed by atoms with E-state index in [-0.39, 0.29) is 10.8 Å². The number of methoxy groups -OCH3 is 3. The molecule has 8 heteroatoms. The summed E-state index contributed by atoms with van der Waals surface area (Å²) in [6.07, 6.45) is 5.77. The maximum absolute atomic E-state index is 13.0. The number of hydrogen-bond donors (Lipinski definition) is 1. The van der Waals surface area contributed by atoms with Gasteiger partial charge < -0.3 is 14.2 Å². The Morgan fingerprint density at radius 2 is 1.79 bits per heavy atom. The number of ether oxygens (including phenoxy) is 3. The molecule has 1 aliphatic carbocycles. The van der Waals surface area contributed by atoms with Gasteiger partial charge in [0.05, 0.1) is 43.2 Å². The minimum absolute atomic E-state index is 0.0869. The number of hydrogen-bond acceptors (Lipinski definition) is 6. The minimum atomic E-state index is -0.231. The van der Waals surface area contributed by atoms with Gasteiger partial charge in [-0.15, -0.1) is 0 Å². The number of aromatic amines is 1. The third-order valence-electron chi connectivity index (χ3n) is 5.71. The zero-order valence-corrected chi connectivity index (χ0v) is 18.1. The molecule has 1 N–H and O–H groups in total. The topological polar surface area (TPSA) is 77.8 Å². The average molecular weight is 418 g/mol. The second-order valence-electron chi connectivity index (χ2n) is 7.39. The lowest BCUT2D eigenvalue weighted by Crippen LogP contribution is -2.16. The average Bonchev–Trinajstić information content (AvgIpc) is 3.08. The van der Waals surface area contributed by atoms with Gasteiger partial charge in [0.15, 0.2) is 17.3 Å². The predicted octanol–water partition coefficient (Wildman–Crippen LogP) is 4.59. The van der Waals surface area contributed by atoms with Crippen LogP contribution in [0.5, 0.6) is 17.2 Å². The molecule has 29 heavy (non-hydrogen) atoms. The number of H-pyrrole nitrogens is 1. The van der Waals surface area contributed by atoms with Crippen LogP contribution in [0.3, 0.4) is 0 Å². The van der Waals surface area contributed by atoms with Crippen LogP contribution >= 0.6 is 11.8 Å². The standard InChI is InChI=1S/C21H27N3O4S/c1-12-22-20-16(21(25)23-24(20)13-8-6-5-7-9-13)19(29-12)14-10-11-15(26-2)18(28-4)17(14)27-3/h10-11,13,19H,5-9H2,1-4H3,(H,23,25)/t19-/m1/s1. The predicted molar refractivity (Wildman–Crippen MR) is 115 cm³/mol. The highest BCUT2D eigenvalue weighted by Crippen LogP contribution is 2.51. The van der Waals surface area contributed by atoms with Crippen molar-refractivity contribution in [2.24, 2.45) is 4.99 Å². The summed E-state index contributed by atoms with van der Waals surface area (Å²) in [6, 6.07) is 4.09. The highest BCUT2D eigenvalue weighted by Gasteiger charge is 2.35. The molecule has 0 saturated heterocycles. The van der Waals surface area contributed by atoms with Gasteiger partial charge in [-0.1, -0.05) is 31.0 Å². The maximum Gasteiger partial charge on any atom is 0.271 e. The molecule has 1 saturated carbocycles. The van der Waals surface area contributed by atoms with Crippen LogP contribution in [0.2, 0.25) is 0 Å². The lowest BCUT2D eigenvalue weighted by Gasteiger charge is -2.27. The van der Waals surface area contributed by atoms with Crippen molar-refractivity contribution in [3.05, 3.63) is 33.6 Å². The van der Waals surface area contributed by atoms with Crippen molar-refractivity contribution in [3.8, 4) is 17.2 Å². The van der Waals surface area contributed by atoms with Gasteiger partial charge >= 0.3 is 0 Å². The third kappa shape index (κ3) is 3.43. The fraction of sp³-hybridized carbons (Fsp3) is 0.524. The molecule has 7 nitrogen and oxygen atoms in total. The second kappa shape index (κ2) is 8.18. The smallest absolute Gasteiger partial charge is 0.271 e. The summed E-state index contributed by atoms with van der Waals surface area (Å²) < 4.78 is 18.7. The lowest BCUT2D eigenvalue weighted by atomic mass is 9.95. The molecule has 0 radical (unpaired) electrons. The van der Waals surface area contributed by atoms with E-state index in [4.69, 9.17) is 19.2 Å². The van der Waals surface area contributed by atoms with Gasteiger partial charge in [0, 0.05) is 5.56 Å². The van der Waals surface area contributed by atoms with Crippen LogP contribution < -0.4 is 19.8 Å². The van der Waals surface area contributed by atoms with E-state index in [0.29, 0.717) is 28.9 Å². The zero-order valence-electron chi connectivity index (χ0n) is 17.3. The normalized spacial score (nSPS) is 19.4. The molecule has 2 aromatic rings. The van der Waals surface area contributed by atoms with Crippen molar-refractivity contribution in [2.45, 2.75) is 50.3 Å². The molecule has 1 atom stereocenters. The molecule has 0 bridgehead atoms. The SMILES string of the molecule is COc1ccc([C@H]2SC(C)=Nc3c2c(=O)[nH]n3C2CCCCC2)c(OC)c1OC. The molecule has 1 fully saturated rings. The Balaban J connectivity index is 1.86. The Kier molecular flexibility index (Phi) is 5.63. The minimum Gasteiger partial charge on any atom is -0.493 e. The number of rotatable bonds is 5. The summed E-state index contributed by atoms with van der Waals surface area (Å²) in [5.74, 6) is 2.45. The largest absolute Gasteiger partial charge is 0.493 e. The summed E-state index contributed by atoms with van der Waals surface area (Å²) in [4.78, 5) is 17.8. The van der Waals surface area contributed by atoms with Gasteiger partial charge in [0.2, 0.25) is 5.75 Å². The molecular weight excluding hydrogens is 390 g/mol. The molecule has 1 aromatic heterocycles. The molecule has 0 unspecified atom stereocenters. The van der Waals surface area contributed by atoms with E-state index >= 15 is 0 Å². The number of nitrogens with zero attached hydrogens (tertiary/aromatic N) is 2. The Morgan fingerprint density at radius 1 is 1.07 bits per heavy atom. The monoisotopic (exact) mass is 417 g/mol. The van der Waals surface area contributed by atoms with Gasteiger partial charge in [-0.05, 0) is 31.9 Å². The molecule has 156 valence electrons. The molecule has 0 spiro atoms. The van der Waals surface area contributed by atoms with Crippen LogP contribution in [0, 0.1) is 0 Å². The van der Waals surface area contributed by atoms with E-state index in [2.05, 4.69) is 5.10 Å². The molecular formula is C21H27N3O4S. The summed E-state index contributed by atoms with van der Waals surface area (Å²) >= 11 is 1.56. The van der Waals surface area contributed by atoms with Crippen LogP contribution in [-0.2, 0) is 0 Å². The van der Waals surface area contributed by atoms with Crippen LogP contribution in [0.4, 0.5) is 5.82 Å². The Morgan fingerprint density at radius 3 is 2.45 bits per heavy atom. The van der Waals surface area contributed by atoms with Crippen LogP contribution in [0.25, 0.3) is 0 Å². The van der Waals surface area contributed by atoms with Gasteiger partial charge in [0.1, 0.15) is 0 Å². The van der Waals surface area contributed by atoms with Gasteiger partial charge in [0.25, 0.3) is 5.56 Å². The van der Waals surface area contributed by atoms with Gasteiger partial charge in [-0.25, -0.2) is 4.99 Å². The van der Waals surface area contributed by atoms with Gasteiger partial charge in [-0.2, -0.15) is 0 Å². The molecule has 4 rings (SSSR count). The number of fused-ring (bicyclic) bond motifs is 1. The van der Waals surface area contributed by atoms with Crippen molar-refractivity contribution in [1.82, 2.24) is 9.78 Å². The number of thioether (sulfide) groups is 1. The van der Waals surface area contributed by atoms with Crippen LogP contribution in [-0.4, -0.2) is 36.2 Å². The number of nitrogens with one attached hydrogen (secondary N) is 1. The van der Waals surface area contributed by atoms with Crippen LogP contribution in [0.15, 0.2) is 21.9 Å². The van der Waals surface area contributed by atoms with Crippen molar-refractivity contribution in [2.75, 3.05) is 21.3 Å². The van der Waals surface area contributed by atoms with E-state index in [9.17, 15) is 4.79 Å². The summed E-state index contributed by atoms with van der Waals surface area (Å²) in [7, 11) is 4.78.